The quantitative estimate of drug-likeness (QED) is 0.798. The second-order valence-electron chi connectivity index (χ2n) is 4.61. The van der Waals surface area contributed by atoms with E-state index in [1.807, 2.05) is 41.8 Å². The Morgan fingerprint density at radius 2 is 1.95 bits per heavy atom. The van der Waals surface area contributed by atoms with E-state index < -0.39 is 0 Å². The molecule has 0 bridgehead atoms. The lowest BCUT2D eigenvalue weighted by Crippen LogP contribution is -2.34. The lowest BCUT2D eigenvalue weighted by atomic mass is 10.2. The largest absolute Gasteiger partial charge is 0.351 e. The number of thiophene rings is 1. The molecule has 2 aromatic rings. The number of rotatable bonds is 7. The highest BCUT2D eigenvalue weighted by molar-refractivity contribution is 7.12. The summed E-state index contributed by atoms with van der Waals surface area (Å²) in [5.41, 5.74) is 0.831. The van der Waals surface area contributed by atoms with Gasteiger partial charge >= 0.3 is 0 Å². The fraction of sp³-hybridized carbons (Fsp3) is 0.176. The molecule has 0 unspecified atom stereocenters. The van der Waals surface area contributed by atoms with Gasteiger partial charge in [-0.05, 0) is 23.6 Å². The molecule has 1 aromatic carbocycles. The Morgan fingerprint density at radius 3 is 2.59 bits per heavy atom. The molecule has 0 aliphatic rings. The summed E-state index contributed by atoms with van der Waals surface area (Å²) in [6.07, 6.45) is 1.94. The average molecular weight is 314 g/mol. The summed E-state index contributed by atoms with van der Waals surface area (Å²) in [6, 6.07) is 13.0. The molecule has 0 saturated carbocycles. The van der Waals surface area contributed by atoms with Crippen LogP contribution in [0.4, 0.5) is 5.69 Å². The number of anilines is 1. The number of carbonyl (C=O) groups excluding carboxylic acids is 2. The molecule has 0 fully saturated rings. The Morgan fingerprint density at radius 1 is 1.18 bits per heavy atom. The summed E-state index contributed by atoms with van der Waals surface area (Å²) >= 11 is 1.38. The summed E-state index contributed by atoms with van der Waals surface area (Å²) in [5, 5.41) is 4.61. The van der Waals surface area contributed by atoms with Gasteiger partial charge in [-0.1, -0.05) is 30.3 Å². The van der Waals surface area contributed by atoms with Gasteiger partial charge in [-0.2, -0.15) is 0 Å². The summed E-state index contributed by atoms with van der Waals surface area (Å²) in [6.45, 7) is 4.45. The van der Waals surface area contributed by atoms with Gasteiger partial charge in [0.05, 0.1) is 4.88 Å². The Hall–Kier alpha value is -2.40. The zero-order chi connectivity index (χ0) is 15.8. The molecule has 2 rings (SSSR count). The molecule has 0 spiro atoms. The first-order valence-corrected chi connectivity index (χ1v) is 7.88. The van der Waals surface area contributed by atoms with E-state index >= 15 is 0 Å². The van der Waals surface area contributed by atoms with E-state index in [9.17, 15) is 9.59 Å². The molecule has 0 radical (unpaired) electrons. The van der Waals surface area contributed by atoms with E-state index in [-0.39, 0.29) is 18.2 Å². The van der Waals surface area contributed by atoms with Crippen LogP contribution >= 0.6 is 11.3 Å². The van der Waals surface area contributed by atoms with Crippen molar-refractivity contribution in [1.82, 2.24) is 5.32 Å². The SMILES string of the molecule is C=CCN(C(=O)CCNC(=O)c1cccs1)c1ccccc1. The van der Waals surface area contributed by atoms with Crippen molar-refractivity contribution >= 4 is 28.8 Å². The van der Waals surface area contributed by atoms with Gasteiger partial charge in [-0.25, -0.2) is 0 Å². The normalized spacial score (nSPS) is 10.0. The summed E-state index contributed by atoms with van der Waals surface area (Å²) in [5.74, 6) is -0.185. The van der Waals surface area contributed by atoms with Crippen molar-refractivity contribution in [2.75, 3.05) is 18.0 Å². The summed E-state index contributed by atoms with van der Waals surface area (Å²) in [4.78, 5) is 26.5. The number of carbonyl (C=O) groups is 2. The average Bonchev–Trinajstić information content (AvgIpc) is 3.07. The highest BCUT2D eigenvalue weighted by Crippen LogP contribution is 2.14. The fourth-order valence-electron chi connectivity index (χ4n) is 2.00. The van der Waals surface area contributed by atoms with Crippen LogP contribution in [0, 0.1) is 0 Å². The Kier molecular flexibility index (Phi) is 5.91. The molecule has 0 saturated heterocycles. The third-order valence-corrected chi connectivity index (χ3v) is 3.92. The summed E-state index contributed by atoms with van der Waals surface area (Å²) < 4.78 is 0. The maximum atomic E-state index is 12.3. The first-order valence-electron chi connectivity index (χ1n) is 7.00. The third-order valence-electron chi connectivity index (χ3n) is 3.05. The number of hydrogen-bond acceptors (Lipinski definition) is 3. The lowest BCUT2D eigenvalue weighted by Gasteiger charge is -2.21. The van der Waals surface area contributed by atoms with Gasteiger partial charge in [-0.15, -0.1) is 17.9 Å². The van der Waals surface area contributed by atoms with Gasteiger partial charge in [0.25, 0.3) is 5.91 Å². The van der Waals surface area contributed by atoms with Crippen molar-refractivity contribution in [3.8, 4) is 0 Å². The molecule has 4 nitrogen and oxygen atoms in total. The van der Waals surface area contributed by atoms with Crippen LogP contribution in [-0.4, -0.2) is 24.9 Å². The van der Waals surface area contributed by atoms with Crippen molar-refractivity contribution in [1.29, 1.82) is 0 Å². The minimum atomic E-state index is -0.141. The van der Waals surface area contributed by atoms with Crippen molar-refractivity contribution in [2.45, 2.75) is 6.42 Å². The van der Waals surface area contributed by atoms with E-state index in [1.54, 1.807) is 17.0 Å². The second-order valence-corrected chi connectivity index (χ2v) is 5.56. The predicted molar refractivity (Wildman–Crippen MR) is 90.3 cm³/mol. The van der Waals surface area contributed by atoms with Gasteiger partial charge in [0.1, 0.15) is 0 Å². The van der Waals surface area contributed by atoms with Crippen LogP contribution in [0.25, 0.3) is 0 Å². The molecular formula is C17H18N2O2S. The molecule has 1 heterocycles. The highest BCUT2D eigenvalue weighted by Gasteiger charge is 2.14. The van der Waals surface area contributed by atoms with Gasteiger partial charge in [0.15, 0.2) is 0 Å². The van der Waals surface area contributed by atoms with Crippen molar-refractivity contribution < 1.29 is 9.59 Å². The van der Waals surface area contributed by atoms with Crippen LogP contribution in [0.1, 0.15) is 16.1 Å². The minimum Gasteiger partial charge on any atom is -0.351 e. The lowest BCUT2D eigenvalue weighted by molar-refractivity contribution is -0.118. The standard InChI is InChI=1S/C17H18N2O2S/c1-2-12-19(14-7-4-3-5-8-14)16(20)10-11-18-17(21)15-9-6-13-22-15/h2-9,13H,1,10-12H2,(H,18,21). The second kappa shape index (κ2) is 8.14. The van der Waals surface area contributed by atoms with Crippen LogP contribution < -0.4 is 10.2 Å². The van der Waals surface area contributed by atoms with Gasteiger partial charge in [-0.3, -0.25) is 9.59 Å². The number of nitrogens with one attached hydrogen (secondary N) is 1. The van der Waals surface area contributed by atoms with E-state index in [1.165, 1.54) is 11.3 Å². The van der Waals surface area contributed by atoms with Crippen LogP contribution in [0.3, 0.4) is 0 Å². The topological polar surface area (TPSA) is 49.4 Å². The molecule has 5 heteroatoms. The van der Waals surface area contributed by atoms with Crippen LogP contribution in [0.2, 0.25) is 0 Å². The summed E-state index contributed by atoms with van der Waals surface area (Å²) in [7, 11) is 0. The minimum absolute atomic E-state index is 0.0439. The van der Waals surface area contributed by atoms with Gasteiger partial charge < -0.3 is 10.2 Å². The zero-order valence-corrected chi connectivity index (χ0v) is 13.0. The highest BCUT2D eigenvalue weighted by atomic mass is 32.1. The number of hydrogen-bond donors (Lipinski definition) is 1. The first-order chi connectivity index (χ1) is 10.7. The van der Waals surface area contributed by atoms with Crippen molar-refractivity contribution in [2.24, 2.45) is 0 Å². The number of nitrogens with zero attached hydrogens (tertiary/aromatic N) is 1. The van der Waals surface area contributed by atoms with E-state index in [2.05, 4.69) is 11.9 Å². The molecule has 22 heavy (non-hydrogen) atoms. The number of amides is 2. The molecule has 0 atom stereocenters. The molecule has 2 amide bonds. The number of para-hydroxylation sites is 1. The Balaban J connectivity index is 1.89. The molecule has 1 aromatic heterocycles. The maximum absolute atomic E-state index is 12.3. The molecular weight excluding hydrogens is 296 g/mol. The first kappa shape index (κ1) is 16.0. The molecule has 114 valence electrons. The van der Waals surface area contributed by atoms with Crippen molar-refractivity contribution in [3.05, 3.63) is 65.4 Å². The fourth-order valence-corrected chi connectivity index (χ4v) is 2.64. The maximum Gasteiger partial charge on any atom is 0.261 e. The van der Waals surface area contributed by atoms with Crippen LogP contribution in [-0.2, 0) is 4.79 Å². The Labute approximate surface area is 134 Å². The van der Waals surface area contributed by atoms with E-state index in [0.717, 1.165) is 5.69 Å². The third kappa shape index (κ3) is 4.30. The molecule has 1 N–H and O–H groups in total. The molecule has 0 aliphatic heterocycles. The zero-order valence-electron chi connectivity index (χ0n) is 12.2. The molecule has 0 aliphatic carbocycles. The Bertz CT molecular complexity index is 623. The van der Waals surface area contributed by atoms with Crippen LogP contribution in [0.15, 0.2) is 60.5 Å². The smallest absolute Gasteiger partial charge is 0.261 e. The van der Waals surface area contributed by atoms with E-state index in [4.69, 9.17) is 0 Å². The number of benzene rings is 1. The van der Waals surface area contributed by atoms with E-state index in [0.29, 0.717) is 18.0 Å². The predicted octanol–water partition coefficient (Wildman–Crippen LogP) is 3.09. The van der Waals surface area contributed by atoms with Crippen molar-refractivity contribution in [3.63, 3.8) is 0 Å². The van der Waals surface area contributed by atoms with Gasteiger partial charge in [0.2, 0.25) is 5.91 Å². The van der Waals surface area contributed by atoms with Gasteiger partial charge in [0, 0.05) is 25.2 Å². The monoisotopic (exact) mass is 314 g/mol. The van der Waals surface area contributed by atoms with Crippen LogP contribution in [0.5, 0.6) is 0 Å².